The minimum atomic E-state index is -0.991. The van der Waals surface area contributed by atoms with Crippen LogP contribution in [0.25, 0.3) is 0 Å². The summed E-state index contributed by atoms with van der Waals surface area (Å²) in [4.78, 5) is 31.9. The summed E-state index contributed by atoms with van der Waals surface area (Å²) in [7, 11) is 0. The molecular weight excluding hydrogens is 400 g/mol. The maximum atomic E-state index is 12.2. The molecule has 0 saturated carbocycles. The molecule has 0 saturated heterocycles. The smallest absolute Gasteiger partial charge is 0.335 e. The summed E-state index contributed by atoms with van der Waals surface area (Å²) >= 11 is 1.55. The lowest BCUT2D eigenvalue weighted by atomic mass is 10.1. The summed E-state index contributed by atoms with van der Waals surface area (Å²) < 4.78 is 0. The predicted molar refractivity (Wildman–Crippen MR) is 116 cm³/mol. The molecule has 0 aliphatic carbocycles. The van der Waals surface area contributed by atoms with Crippen LogP contribution in [0.5, 0.6) is 0 Å². The third-order valence-electron chi connectivity index (χ3n) is 4.08. The number of carbonyl (C=O) groups is 2. The van der Waals surface area contributed by atoms with E-state index in [-0.39, 0.29) is 11.5 Å². The lowest BCUT2D eigenvalue weighted by Crippen LogP contribution is -2.17. The fourth-order valence-electron chi connectivity index (χ4n) is 2.60. The van der Waals surface area contributed by atoms with E-state index >= 15 is 0 Å². The molecule has 1 heterocycles. The van der Waals surface area contributed by atoms with Gasteiger partial charge in [-0.05, 0) is 55.3 Å². The van der Waals surface area contributed by atoms with Crippen LogP contribution >= 0.6 is 11.8 Å². The number of carboxylic acids is 1. The zero-order valence-corrected chi connectivity index (χ0v) is 17.3. The van der Waals surface area contributed by atoms with Gasteiger partial charge in [-0.3, -0.25) is 4.79 Å². The van der Waals surface area contributed by atoms with Gasteiger partial charge in [-0.15, -0.1) is 0 Å². The van der Waals surface area contributed by atoms with Gasteiger partial charge < -0.3 is 5.11 Å². The van der Waals surface area contributed by atoms with Crippen LogP contribution in [0.3, 0.4) is 0 Å². The fourth-order valence-corrected chi connectivity index (χ4v) is 3.51. The van der Waals surface area contributed by atoms with Crippen molar-refractivity contribution < 1.29 is 14.7 Å². The predicted octanol–water partition coefficient (Wildman–Crippen LogP) is 3.85. The van der Waals surface area contributed by atoms with E-state index in [9.17, 15) is 9.59 Å². The van der Waals surface area contributed by atoms with Crippen molar-refractivity contribution in [2.75, 3.05) is 0 Å². The van der Waals surface area contributed by atoms with E-state index < -0.39 is 5.97 Å². The van der Waals surface area contributed by atoms with Gasteiger partial charge in [0.05, 0.1) is 11.8 Å². The number of aromatic carboxylic acids is 1. The summed E-state index contributed by atoms with van der Waals surface area (Å²) in [6.45, 7) is 3.89. The molecule has 0 aliphatic rings. The van der Waals surface area contributed by atoms with Gasteiger partial charge in [0.1, 0.15) is 0 Å². The number of benzene rings is 2. The summed E-state index contributed by atoms with van der Waals surface area (Å²) in [5, 5.41) is 13.5. The molecule has 0 fully saturated rings. The molecule has 0 bridgehead atoms. The van der Waals surface area contributed by atoms with Crippen molar-refractivity contribution in [3.8, 4) is 0 Å². The van der Waals surface area contributed by atoms with Gasteiger partial charge in [-0.1, -0.05) is 36.0 Å². The van der Waals surface area contributed by atoms with Crippen LogP contribution < -0.4 is 5.43 Å². The number of aromatic nitrogens is 2. The van der Waals surface area contributed by atoms with Crippen LogP contribution in [0.15, 0.2) is 64.9 Å². The Balaban J connectivity index is 1.53. The summed E-state index contributed by atoms with van der Waals surface area (Å²) in [5.41, 5.74) is 6.77. The number of carbonyl (C=O) groups excluding carboxylic acids is 1. The van der Waals surface area contributed by atoms with Gasteiger partial charge in [0.2, 0.25) is 0 Å². The molecule has 1 amide bonds. The highest BCUT2D eigenvalue weighted by Gasteiger charge is 2.06. The van der Waals surface area contributed by atoms with Crippen molar-refractivity contribution in [1.82, 2.24) is 15.4 Å². The van der Waals surface area contributed by atoms with Gasteiger partial charge in [-0.25, -0.2) is 20.2 Å². The molecule has 0 radical (unpaired) electrons. The number of nitrogens with one attached hydrogen (secondary N) is 1. The monoisotopic (exact) mass is 420 g/mol. The molecule has 152 valence electrons. The van der Waals surface area contributed by atoms with Gasteiger partial charge in [0.15, 0.2) is 5.16 Å². The first-order chi connectivity index (χ1) is 14.4. The zero-order chi connectivity index (χ0) is 21.5. The molecule has 8 heteroatoms. The number of carboxylic acid groups (broad SMARTS) is 1. The standard InChI is InChI=1S/C22H20N4O3S/c1-14-11-15(2)25-22(24-14)30-13-17-5-7-18(8-6-17)20(27)26-23-12-16-3-9-19(10-4-16)21(28)29/h3-12H,13H2,1-2H3,(H,26,27)(H,28,29)/b23-12-. The first kappa shape index (κ1) is 21.2. The average molecular weight is 420 g/mol. The average Bonchev–Trinajstić information content (AvgIpc) is 2.72. The molecule has 0 atom stereocenters. The Morgan fingerprint density at radius 3 is 2.20 bits per heavy atom. The van der Waals surface area contributed by atoms with E-state index in [0.717, 1.165) is 22.1 Å². The van der Waals surface area contributed by atoms with Crippen molar-refractivity contribution >= 4 is 29.9 Å². The van der Waals surface area contributed by atoms with Crippen LogP contribution in [0.1, 0.15) is 43.2 Å². The summed E-state index contributed by atoms with van der Waals surface area (Å²) in [6.07, 6.45) is 1.46. The first-order valence-electron chi connectivity index (χ1n) is 9.11. The van der Waals surface area contributed by atoms with Gasteiger partial charge in [0.25, 0.3) is 5.91 Å². The lowest BCUT2D eigenvalue weighted by molar-refractivity contribution is 0.0696. The van der Waals surface area contributed by atoms with Gasteiger partial charge in [0, 0.05) is 22.7 Å². The molecule has 30 heavy (non-hydrogen) atoms. The quantitative estimate of drug-likeness (QED) is 0.260. The van der Waals surface area contributed by atoms with Crippen molar-refractivity contribution in [1.29, 1.82) is 0 Å². The minimum absolute atomic E-state index is 0.193. The number of thioether (sulfide) groups is 1. The Morgan fingerprint density at radius 1 is 1.00 bits per heavy atom. The lowest BCUT2D eigenvalue weighted by Gasteiger charge is -2.05. The fraction of sp³-hybridized carbons (Fsp3) is 0.136. The molecule has 0 spiro atoms. The van der Waals surface area contributed by atoms with Gasteiger partial charge >= 0.3 is 5.97 Å². The second-order valence-electron chi connectivity index (χ2n) is 6.55. The molecule has 3 rings (SSSR count). The Hall–Kier alpha value is -3.52. The molecule has 7 nitrogen and oxygen atoms in total. The minimum Gasteiger partial charge on any atom is -0.478 e. The van der Waals surface area contributed by atoms with E-state index in [1.54, 1.807) is 36.0 Å². The summed E-state index contributed by atoms with van der Waals surface area (Å²) in [5.74, 6) is -0.615. The van der Waals surface area contributed by atoms with Crippen LogP contribution in [-0.4, -0.2) is 33.2 Å². The highest BCUT2D eigenvalue weighted by Crippen LogP contribution is 2.20. The number of hydrogen-bond donors (Lipinski definition) is 2. The second kappa shape index (κ2) is 9.80. The maximum absolute atomic E-state index is 12.2. The number of aryl methyl sites for hydroxylation is 2. The summed E-state index contributed by atoms with van der Waals surface area (Å²) in [6, 6.07) is 15.4. The normalized spacial score (nSPS) is 10.9. The third kappa shape index (κ3) is 5.99. The molecule has 2 aromatic carbocycles. The third-order valence-corrected chi connectivity index (χ3v) is 5.00. The number of rotatable bonds is 7. The molecule has 2 N–H and O–H groups in total. The number of amides is 1. The van der Waals surface area contributed by atoms with Crippen molar-refractivity contribution in [3.05, 3.63) is 88.2 Å². The highest BCUT2D eigenvalue weighted by molar-refractivity contribution is 7.98. The molecule has 0 unspecified atom stereocenters. The van der Waals surface area contributed by atoms with Crippen LogP contribution in [-0.2, 0) is 5.75 Å². The first-order valence-corrected chi connectivity index (χ1v) is 10.1. The molecule has 0 aliphatic heterocycles. The topological polar surface area (TPSA) is 105 Å². The number of hydrogen-bond acceptors (Lipinski definition) is 6. The van der Waals surface area contributed by atoms with Crippen molar-refractivity contribution in [2.24, 2.45) is 5.10 Å². The molecule has 3 aromatic rings. The Labute approximate surface area is 178 Å². The Kier molecular flexibility index (Phi) is 6.92. The SMILES string of the molecule is Cc1cc(C)nc(SCc2ccc(C(=O)N/N=C\c3ccc(C(=O)O)cc3)cc2)n1. The van der Waals surface area contributed by atoms with E-state index in [0.29, 0.717) is 16.9 Å². The van der Waals surface area contributed by atoms with E-state index in [4.69, 9.17) is 5.11 Å². The number of hydrazone groups is 1. The van der Waals surface area contributed by atoms with Crippen LogP contribution in [0.4, 0.5) is 0 Å². The van der Waals surface area contributed by atoms with E-state index in [1.807, 2.05) is 32.0 Å². The van der Waals surface area contributed by atoms with E-state index in [2.05, 4.69) is 20.5 Å². The zero-order valence-electron chi connectivity index (χ0n) is 16.5. The second-order valence-corrected chi connectivity index (χ2v) is 7.49. The molecular formula is C22H20N4O3S. The number of nitrogens with zero attached hydrogens (tertiary/aromatic N) is 3. The molecule has 1 aromatic heterocycles. The van der Waals surface area contributed by atoms with Crippen LogP contribution in [0, 0.1) is 13.8 Å². The highest BCUT2D eigenvalue weighted by atomic mass is 32.2. The van der Waals surface area contributed by atoms with Crippen molar-refractivity contribution in [2.45, 2.75) is 24.8 Å². The maximum Gasteiger partial charge on any atom is 0.335 e. The van der Waals surface area contributed by atoms with Crippen LogP contribution in [0.2, 0.25) is 0 Å². The van der Waals surface area contributed by atoms with Crippen molar-refractivity contribution in [3.63, 3.8) is 0 Å². The Bertz CT molecular complexity index is 1060. The largest absolute Gasteiger partial charge is 0.478 e. The van der Waals surface area contributed by atoms with Gasteiger partial charge in [-0.2, -0.15) is 5.10 Å². The van der Waals surface area contributed by atoms with E-state index in [1.165, 1.54) is 18.3 Å². The Morgan fingerprint density at radius 2 is 1.60 bits per heavy atom.